The van der Waals surface area contributed by atoms with Crippen LogP contribution in [0.4, 0.5) is 0 Å². The molecule has 0 aromatic heterocycles. The summed E-state index contributed by atoms with van der Waals surface area (Å²) in [5, 5.41) is 3.42. The molecule has 0 radical (unpaired) electrons. The van der Waals surface area contributed by atoms with Crippen molar-refractivity contribution >= 4 is 0 Å². The van der Waals surface area contributed by atoms with E-state index < -0.39 is 5.97 Å². The molecule has 0 aromatic carbocycles. The van der Waals surface area contributed by atoms with Crippen LogP contribution in [0.1, 0.15) is 92.4 Å². The molecule has 0 aliphatic heterocycles. The average Bonchev–Trinajstić information content (AvgIpc) is 2.60. The van der Waals surface area contributed by atoms with Gasteiger partial charge in [0, 0.05) is 25.7 Å². The summed E-state index contributed by atoms with van der Waals surface area (Å²) in [7, 11) is 0. The Labute approximate surface area is 157 Å². The van der Waals surface area contributed by atoms with Crippen molar-refractivity contribution in [2.24, 2.45) is 5.92 Å². The summed E-state index contributed by atoms with van der Waals surface area (Å²) in [5.41, 5.74) is 0. The van der Waals surface area contributed by atoms with E-state index in [2.05, 4.69) is 19.2 Å². The predicted octanol–water partition coefficient (Wildman–Crippen LogP) is 5.51. The van der Waals surface area contributed by atoms with Crippen LogP contribution in [0.2, 0.25) is 0 Å². The molecular formula is C21H45NO3. The summed E-state index contributed by atoms with van der Waals surface area (Å²) in [4.78, 5) is 0. The maximum Gasteiger partial charge on any atom is 0.285 e. The summed E-state index contributed by atoms with van der Waals surface area (Å²) in [6.07, 6.45) is 11.2. The van der Waals surface area contributed by atoms with Crippen LogP contribution in [-0.4, -0.2) is 38.9 Å². The smallest absolute Gasteiger partial charge is 0.285 e. The third kappa shape index (κ3) is 11.2. The molecule has 4 heteroatoms. The maximum absolute atomic E-state index is 6.06. The maximum atomic E-state index is 6.06. The van der Waals surface area contributed by atoms with Gasteiger partial charge < -0.3 is 19.5 Å². The van der Waals surface area contributed by atoms with Crippen LogP contribution in [0.5, 0.6) is 0 Å². The van der Waals surface area contributed by atoms with Crippen molar-refractivity contribution in [2.75, 3.05) is 32.9 Å². The van der Waals surface area contributed by atoms with Gasteiger partial charge in [-0.15, -0.1) is 0 Å². The summed E-state index contributed by atoms with van der Waals surface area (Å²) in [6, 6.07) is 0. The lowest BCUT2D eigenvalue weighted by atomic mass is 9.92. The molecule has 0 saturated carbocycles. The average molecular weight is 360 g/mol. The van der Waals surface area contributed by atoms with Crippen molar-refractivity contribution in [1.82, 2.24) is 5.32 Å². The molecule has 0 rings (SSSR count). The van der Waals surface area contributed by atoms with Crippen molar-refractivity contribution in [1.29, 1.82) is 0 Å². The molecule has 0 spiro atoms. The van der Waals surface area contributed by atoms with Crippen LogP contribution in [-0.2, 0) is 14.2 Å². The number of unbranched alkanes of at least 4 members (excludes halogenated alkanes) is 5. The Morgan fingerprint density at radius 2 is 1.20 bits per heavy atom. The molecule has 0 aliphatic carbocycles. The molecule has 152 valence electrons. The Kier molecular flexibility index (Phi) is 17.2. The molecule has 0 aliphatic rings. The molecule has 4 nitrogen and oxygen atoms in total. The Morgan fingerprint density at radius 1 is 0.680 bits per heavy atom. The summed E-state index contributed by atoms with van der Waals surface area (Å²) >= 11 is 0. The first kappa shape index (κ1) is 24.8. The Bertz CT molecular complexity index is 257. The first-order chi connectivity index (χ1) is 12.2. The molecule has 0 amide bonds. The van der Waals surface area contributed by atoms with Crippen molar-refractivity contribution in [2.45, 2.75) is 98.4 Å². The fourth-order valence-corrected chi connectivity index (χ4v) is 3.40. The highest BCUT2D eigenvalue weighted by atomic mass is 16.9. The van der Waals surface area contributed by atoms with Gasteiger partial charge in [0.15, 0.2) is 0 Å². The predicted molar refractivity (Wildman–Crippen MR) is 107 cm³/mol. The summed E-state index contributed by atoms with van der Waals surface area (Å²) < 4.78 is 18.2. The van der Waals surface area contributed by atoms with E-state index in [1.165, 1.54) is 38.5 Å². The van der Waals surface area contributed by atoms with E-state index >= 15 is 0 Å². The number of rotatable bonds is 19. The Morgan fingerprint density at radius 3 is 1.72 bits per heavy atom. The number of hydrogen-bond donors (Lipinski definition) is 1. The van der Waals surface area contributed by atoms with Crippen LogP contribution in [0.3, 0.4) is 0 Å². The normalized spacial score (nSPS) is 13.3. The number of hydrogen-bond acceptors (Lipinski definition) is 4. The van der Waals surface area contributed by atoms with E-state index in [9.17, 15) is 0 Å². The first-order valence-corrected chi connectivity index (χ1v) is 10.8. The van der Waals surface area contributed by atoms with E-state index in [4.69, 9.17) is 14.2 Å². The van der Waals surface area contributed by atoms with Crippen molar-refractivity contribution in [3.63, 3.8) is 0 Å². The van der Waals surface area contributed by atoms with Gasteiger partial charge in [-0.25, -0.2) is 0 Å². The lowest BCUT2D eigenvalue weighted by molar-refractivity contribution is -0.403. The summed E-state index contributed by atoms with van der Waals surface area (Å²) in [6.45, 7) is 14.4. The second-order valence-electron chi connectivity index (χ2n) is 6.65. The molecule has 1 N–H and O–H groups in total. The van der Waals surface area contributed by atoms with E-state index in [0.717, 1.165) is 32.4 Å². The van der Waals surface area contributed by atoms with E-state index in [0.29, 0.717) is 19.8 Å². The molecule has 0 bridgehead atoms. The second kappa shape index (κ2) is 17.3. The zero-order valence-electron chi connectivity index (χ0n) is 17.7. The van der Waals surface area contributed by atoms with Gasteiger partial charge >= 0.3 is 0 Å². The fraction of sp³-hybridized carbons (Fsp3) is 1.00. The first-order valence-electron chi connectivity index (χ1n) is 10.8. The second-order valence-corrected chi connectivity index (χ2v) is 6.65. The third-order valence-electron chi connectivity index (χ3n) is 4.60. The lowest BCUT2D eigenvalue weighted by Gasteiger charge is -2.39. The lowest BCUT2D eigenvalue weighted by Crippen LogP contribution is -2.47. The van der Waals surface area contributed by atoms with Crippen LogP contribution < -0.4 is 5.32 Å². The van der Waals surface area contributed by atoms with Gasteiger partial charge in [0.1, 0.15) is 0 Å². The molecular weight excluding hydrogens is 314 g/mol. The van der Waals surface area contributed by atoms with Crippen molar-refractivity contribution in [3.8, 4) is 0 Å². The SMILES string of the molecule is CCCCCCCCC(CCCNCC)C(OCC)(OCC)OCC. The van der Waals surface area contributed by atoms with Gasteiger partial charge in [0.05, 0.1) is 0 Å². The van der Waals surface area contributed by atoms with Crippen molar-refractivity contribution in [3.05, 3.63) is 0 Å². The standard InChI is InChI=1S/C21H45NO3/c1-6-11-12-13-14-15-17-20(18-16-19-22-7-2)21(23-8-3,24-9-4)25-10-5/h20,22H,6-19H2,1-5H3. The zero-order valence-corrected chi connectivity index (χ0v) is 17.7. The zero-order chi connectivity index (χ0) is 18.8. The van der Waals surface area contributed by atoms with Crippen LogP contribution in [0.15, 0.2) is 0 Å². The van der Waals surface area contributed by atoms with Crippen LogP contribution in [0.25, 0.3) is 0 Å². The van der Waals surface area contributed by atoms with Crippen LogP contribution >= 0.6 is 0 Å². The van der Waals surface area contributed by atoms with E-state index in [1.807, 2.05) is 20.8 Å². The van der Waals surface area contributed by atoms with Gasteiger partial charge in [-0.2, -0.15) is 0 Å². The topological polar surface area (TPSA) is 39.7 Å². The van der Waals surface area contributed by atoms with Gasteiger partial charge in [-0.05, 0) is 53.1 Å². The van der Waals surface area contributed by atoms with Gasteiger partial charge in [0.25, 0.3) is 5.97 Å². The van der Waals surface area contributed by atoms with E-state index in [1.54, 1.807) is 0 Å². The van der Waals surface area contributed by atoms with Gasteiger partial charge in [-0.3, -0.25) is 0 Å². The molecule has 1 atom stereocenters. The Hall–Kier alpha value is -0.160. The number of ether oxygens (including phenoxy) is 3. The largest absolute Gasteiger partial charge is 0.328 e. The third-order valence-corrected chi connectivity index (χ3v) is 4.60. The van der Waals surface area contributed by atoms with Gasteiger partial charge in [-0.1, -0.05) is 52.4 Å². The van der Waals surface area contributed by atoms with Crippen LogP contribution in [0, 0.1) is 5.92 Å². The number of nitrogens with one attached hydrogen (secondary N) is 1. The highest BCUT2D eigenvalue weighted by molar-refractivity contribution is 4.73. The summed E-state index contributed by atoms with van der Waals surface area (Å²) in [5.74, 6) is -0.578. The Balaban J connectivity index is 4.75. The minimum absolute atomic E-state index is 0.289. The molecule has 0 heterocycles. The highest BCUT2D eigenvalue weighted by Gasteiger charge is 2.41. The molecule has 0 fully saturated rings. The molecule has 1 unspecified atom stereocenters. The molecule has 25 heavy (non-hydrogen) atoms. The fourth-order valence-electron chi connectivity index (χ4n) is 3.40. The van der Waals surface area contributed by atoms with Crippen molar-refractivity contribution < 1.29 is 14.2 Å². The minimum atomic E-state index is -0.867. The quantitative estimate of drug-likeness (QED) is 0.244. The monoisotopic (exact) mass is 359 g/mol. The van der Waals surface area contributed by atoms with Gasteiger partial charge in [0.2, 0.25) is 0 Å². The molecule has 0 saturated heterocycles. The molecule has 0 aromatic rings. The minimum Gasteiger partial charge on any atom is -0.328 e. The van der Waals surface area contributed by atoms with E-state index in [-0.39, 0.29) is 5.92 Å². The highest BCUT2D eigenvalue weighted by Crippen LogP contribution is 2.34.